The van der Waals surface area contributed by atoms with Gasteiger partial charge >= 0.3 is 0 Å². The predicted octanol–water partition coefficient (Wildman–Crippen LogP) is 3.01. The van der Waals surface area contributed by atoms with Gasteiger partial charge in [0.05, 0.1) is 29.2 Å². The van der Waals surface area contributed by atoms with Crippen LogP contribution in [0.15, 0.2) is 24.8 Å². The number of rotatable bonds is 7. The maximum Gasteiger partial charge on any atom is 0.255 e. The molecule has 2 amide bonds. The molecule has 39 heavy (non-hydrogen) atoms. The van der Waals surface area contributed by atoms with E-state index in [1.54, 1.807) is 35.9 Å². The Morgan fingerprint density at radius 3 is 2.74 bits per heavy atom. The zero-order valence-electron chi connectivity index (χ0n) is 21.5. The van der Waals surface area contributed by atoms with Crippen molar-refractivity contribution in [1.29, 1.82) is 0 Å². The highest BCUT2D eigenvalue weighted by Crippen LogP contribution is 2.44. The van der Waals surface area contributed by atoms with Gasteiger partial charge in [-0.1, -0.05) is 24.1 Å². The van der Waals surface area contributed by atoms with Crippen molar-refractivity contribution in [2.75, 3.05) is 32.6 Å². The summed E-state index contributed by atoms with van der Waals surface area (Å²) in [6, 6.07) is 2.85. The van der Waals surface area contributed by atoms with Gasteiger partial charge in [0, 0.05) is 37.2 Å². The average Bonchev–Trinajstić information content (AvgIpc) is 3.54. The topological polar surface area (TPSA) is 128 Å². The number of aromatic nitrogens is 4. The maximum absolute atomic E-state index is 14.4. The molecule has 1 aromatic carbocycles. The first-order valence-electron chi connectivity index (χ1n) is 12.5. The number of primary amides is 1. The highest BCUT2D eigenvalue weighted by atomic mass is 35.5. The summed E-state index contributed by atoms with van der Waals surface area (Å²) in [5.74, 6) is 4.90. The van der Waals surface area contributed by atoms with Gasteiger partial charge in [-0.15, -0.1) is 10.2 Å². The molecule has 0 bridgehead atoms. The van der Waals surface area contributed by atoms with Crippen molar-refractivity contribution >= 4 is 40.1 Å². The first-order valence-corrected chi connectivity index (χ1v) is 12.8. The fraction of sp³-hybridized carbons (Fsp3) is 0.370. The standard InChI is InChI=1S/C27H27ClFN7O3/c1-4-22(37)35-12-16(10-17(35)13-39-3)36-27(31-2)24(26(30)38)20(34-36)8-7-15-9-21-18(11-19(15)28)23(14-5-6-14)25(29)33-32-21/h4,9,11,14,16-17,31H,1,5-6,10,12-13H2,2-3H3,(H2,30,38)/t16-,17+/m0/s1. The number of carbonyl (C=O) groups is 2. The summed E-state index contributed by atoms with van der Waals surface area (Å²) in [6.07, 6.45) is 3.61. The SMILES string of the molecule is C=CC(=O)N1C[C@@H](n2nc(C#Cc3cc4nnc(F)c(C5CC5)c4cc3Cl)c(C(N)=O)c2NC)C[C@@H]1COC. The Balaban J connectivity index is 1.54. The largest absolute Gasteiger partial charge is 0.383 e. The van der Waals surface area contributed by atoms with Gasteiger partial charge in [-0.3, -0.25) is 9.59 Å². The summed E-state index contributed by atoms with van der Waals surface area (Å²) >= 11 is 6.53. The summed E-state index contributed by atoms with van der Waals surface area (Å²) in [7, 11) is 3.23. The second kappa shape index (κ2) is 10.6. The van der Waals surface area contributed by atoms with Crippen LogP contribution in [0.25, 0.3) is 10.9 Å². The second-order valence-electron chi connectivity index (χ2n) is 9.60. The Hall–Kier alpha value is -4.01. The van der Waals surface area contributed by atoms with E-state index in [0.717, 1.165) is 12.8 Å². The molecule has 1 aliphatic heterocycles. The average molecular weight is 552 g/mol. The number of fused-ring (bicyclic) bond motifs is 1. The zero-order valence-corrected chi connectivity index (χ0v) is 22.3. The molecule has 3 aromatic rings. The molecule has 2 aromatic heterocycles. The highest BCUT2D eigenvalue weighted by molar-refractivity contribution is 6.32. The number of ether oxygens (including phenoxy) is 1. The lowest BCUT2D eigenvalue weighted by Crippen LogP contribution is -2.37. The molecule has 0 radical (unpaired) electrons. The molecule has 5 rings (SSSR count). The van der Waals surface area contributed by atoms with Gasteiger partial charge in [-0.05, 0) is 49.3 Å². The van der Waals surface area contributed by atoms with Crippen molar-refractivity contribution in [3.63, 3.8) is 0 Å². The van der Waals surface area contributed by atoms with Crippen LogP contribution in [0.5, 0.6) is 0 Å². The first-order chi connectivity index (χ1) is 18.8. The van der Waals surface area contributed by atoms with Crippen molar-refractivity contribution < 1.29 is 18.7 Å². The number of nitrogens with one attached hydrogen (secondary N) is 1. The van der Waals surface area contributed by atoms with E-state index >= 15 is 0 Å². The summed E-state index contributed by atoms with van der Waals surface area (Å²) in [6.45, 7) is 4.28. The number of likely N-dealkylation sites (tertiary alicyclic amines) is 1. The van der Waals surface area contributed by atoms with Crippen molar-refractivity contribution in [3.8, 4) is 11.8 Å². The molecule has 202 valence electrons. The minimum atomic E-state index is -0.708. The third kappa shape index (κ3) is 4.93. The molecular weight excluding hydrogens is 525 g/mol. The van der Waals surface area contributed by atoms with Gasteiger partial charge in [0.1, 0.15) is 11.4 Å². The first kappa shape index (κ1) is 26.6. The molecule has 1 saturated heterocycles. The number of hydrogen-bond donors (Lipinski definition) is 2. The number of hydrogen-bond acceptors (Lipinski definition) is 7. The Labute approximate surface area is 229 Å². The Kier molecular flexibility index (Phi) is 7.25. The third-order valence-corrected chi connectivity index (χ3v) is 7.41. The van der Waals surface area contributed by atoms with Gasteiger partial charge in [-0.2, -0.15) is 9.49 Å². The van der Waals surface area contributed by atoms with Crippen molar-refractivity contribution in [1.82, 2.24) is 24.9 Å². The molecule has 1 aliphatic carbocycles. The fourth-order valence-corrected chi connectivity index (χ4v) is 5.38. The van der Waals surface area contributed by atoms with Crippen LogP contribution in [0.3, 0.4) is 0 Å². The number of benzene rings is 1. The minimum absolute atomic E-state index is 0.120. The quantitative estimate of drug-likeness (QED) is 0.341. The van der Waals surface area contributed by atoms with Gasteiger partial charge in [-0.25, -0.2) is 4.68 Å². The van der Waals surface area contributed by atoms with E-state index in [2.05, 4.69) is 39.0 Å². The molecule has 3 N–H and O–H groups in total. The van der Waals surface area contributed by atoms with Gasteiger partial charge in [0.15, 0.2) is 5.69 Å². The fourth-order valence-electron chi connectivity index (χ4n) is 5.17. The van der Waals surface area contributed by atoms with Crippen molar-refractivity contribution in [3.05, 3.63) is 58.1 Å². The lowest BCUT2D eigenvalue weighted by molar-refractivity contribution is -0.127. The van der Waals surface area contributed by atoms with Gasteiger partial charge in [0.25, 0.3) is 5.91 Å². The highest BCUT2D eigenvalue weighted by Gasteiger charge is 2.38. The summed E-state index contributed by atoms with van der Waals surface area (Å²) < 4.78 is 21.3. The molecule has 2 atom stereocenters. The number of nitrogens with two attached hydrogens (primary N) is 1. The van der Waals surface area contributed by atoms with Crippen molar-refractivity contribution in [2.24, 2.45) is 5.73 Å². The molecule has 1 saturated carbocycles. The molecule has 0 unspecified atom stereocenters. The molecule has 0 spiro atoms. The molecule has 2 aliphatic rings. The summed E-state index contributed by atoms with van der Waals surface area (Å²) in [5.41, 5.74) is 7.44. The minimum Gasteiger partial charge on any atom is -0.383 e. The molecular formula is C27H27ClFN7O3. The smallest absolute Gasteiger partial charge is 0.255 e. The molecule has 2 fully saturated rings. The second-order valence-corrected chi connectivity index (χ2v) is 10.0. The molecule has 3 heterocycles. The third-order valence-electron chi connectivity index (χ3n) is 7.09. The summed E-state index contributed by atoms with van der Waals surface area (Å²) in [4.78, 5) is 26.6. The van der Waals surface area contributed by atoms with Crippen molar-refractivity contribution in [2.45, 2.75) is 37.3 Å². The van der Waals surface area contributed by atoms with Crippen LogP contribution >= 0.6 is 11.6 Å². The van der Waals surface area contributed by atoms with Crippen LogP contribution in [0, 0.1) is 17.8 Å². The molecule has 10 nitrogen and oxygen atoms in total. The van der Waals surface area contributed by atoms with Crippen LogP contribution in [0.1, 0.15) is 58.4 Å². The summed E-state index contributed by atoms with van der Waals surface area (Å²) in [5, 5.41) is 16.2. The van der Waals surface area contributed by atoms with E-state index in [9.17, 15) is 14.0 Å². The van der Waals surface area contributed by atoms with Gasteiger partial charge in [0.2, 0.25) is 11.9 Å². The van der Waals surface area contributed by atoms with E-state index in [-0.39, 0.29) is 35.2 Å². The van der Waals surface area contributed by atoms with Crippen LogP contribution in [-0.4, -0.2) is 70.0 Å². The number of anilines is 1. The lowest BCUT2D eigenvalue weighted by Gasteiger charge is -2.22. The Morgan fingerprint density at radius 1 is 1.33 bits per heavy atom. The monoisotopic (exact) mass is 551 g/mol. The van der Waals surface area contributed by atoms with E-state index < -0.39 is 11.9 Å². The number of carbonyl (C=O) groups excluding carboxylic acids is 2. The number of nitrogens with zero attached hydrogens (tertiary/aromatic N) is 5. The Bertz CT molecular complexity index is 1560. The Morgan fingerprint density at radius 2 is 2.10 bits per heavy atom. The van der Waals surface area contributed by atoms with E-state index in [0.29, 0.717) is 52.4 Å². The number of halogens is 2. The zero-order chi connectivity index (χ0) is 27.8. The lowest BCUT2D eigenvalue weighted by atomic mass is 10.0. The normalized spacial score (nSPS) is 18.6. The van der Waals surface area contributed by atoms with E-state index in [1.807, 2.05) is 0 Å². The van der Waals surface area contributed by atoms with E-state index in [4.69, 9.17) is 22.1 Å². The maximum atomic E-state index is 14.4. The van der Waals surface area contributed by atoms with E-state index in [1.165, 1.54) is 6.08 Å². The number of methoxy groups -OCH3 is 1. The van der Waals surface area contributed by atoms with Gasteiger partial charge < -0.3 is 20.7 Å². The number of amides is 2. The van der Waals surface area contributed by atoms with Crippen LogP contribution < -0.4 is 11.1 Å². The van der Waals surface area contributed by atoms with Crippen LogP contribution in [-0.2, 0) is 9.53 Å². The predicted molar refractivity (Wildman–Crippen MR) is 144 cm³/mol. The van der Waals surface area contributed by atoms with Crippen LogP contribution in [0.4, 0.5) is 10.2 Å². The molecule has 12 heteroatoms. The van der Waals surface area contributed by atoms with Crippen LogP contribution in [0.2, 0.25) is 5.02 Å².